The maximum absolute atomic E-state index is 11.6. The Labute approximate surface area is 73.2 Å². The zero-order valence-electron chi connectivity index (χ0n) is 7.42. The zero-order chi connectivity index (χ0) is 8.77. The average molecular weight is 162 g/mol. The number of carbonyl (C=O) groups is 1. The highest BCUT2D eigenvalue weighted by molar-refractivity contribution is 5.96. The standard InChI is InChI=1S/C11H14O/c1-3-11(2)9-7-5-4-6-8(9)10(11)12/h3,5,7-9H,1,4,6H2,2H3/t8-,9+,11+/m0/s1. The fraction of sp³-hybridized carbons (Fsp3) is 0.545. The van der Waals surface area contributed by atoms with E-state index in [4.69, 9.17) is 0 Å². The number of Topliss-reactive ketones (excluding diaryl/α,β-unsaturated/α-hetero) is 1. The zero-order valence-corrected chi connectivity index (χ0v) is 7.42. The van der Waals surface area contributed by atoms with Crippen LogP contribution in [0.2, 0.25) is 0 Å². The van der Waals surface area contributed by atoms with E-state index in [0.29, 0.717) is 17.6 Å². The van der Waals surface area contributed by atoms with Gasteiger partial charge in [0.05, 0.1) is 5.41 Å². The smallest absolute Gasteiger partial charge is 0.146 e. The van der Waals surface area contributed by atoms with Gasteiger partial charge in [-0.3, -0.25) is 4.79 Å². The molecule has 3 atom stereocenters. The fourth-order valence-electron chi connectivity index (χ4n) is 2.45. The Morgan fingerprint density at radius 2 is 2.50 bits per heavy atom. The highest BCUT2D eigenvalue weighted by Gasteiger charge is 2.55. The van der Waals surface area contributed by atoms with E-state index in [2.05, 4.69) is 18.7 Å². The van der Waals surface area contributed by atoms with Gasteiger partial charge in [-0.25, -0.2) is 0 Å². The first kappa shape index (κ1) is 7.78. The van der Waals surface area contributed by atoms with E-state index >= 15 is 0 Å². The highest BCUT2D eigenvalue weighted by Crippen LogP contribution is 2.52. The summed E-state index contributed by atoms with van der Waals surface area (Å²) >= 11 is 0. The maximum Gasteiger partial charge on any atom is 0.146 e. The Bertz CT molecular complexity index is 264. The molecule has 0 aromatic carbocycles. The summed E-state index contributed by atoms with van der Waals surface area (Å²) in [6.45, 7) is 5.74. The normalized spacial score (nSPS) is 44.9. The molecule has 2 rings (SSSR count). The van der Waals surface area contributed by atoms with Crippen molar-refractivity contribution in [1.82, 2.24) is 0 Å². The van der Waals surface area contributed by atoms with Gasteiger partial charge in [0.2, 0.25) is 0 Å². The lowest BCUT2D eigenvalue weighted by atomic mass is 9.51. The van der Waals surface area contributed by atoms with Gasteiger partial charge in [-0.1, -0.05) is 18.2 Å². The number of fused-ring (bicyclic) bond motifs is 1. The maximum atomic E-state index is 11.6. The topological polar surface area (TPSA) is 17.1 Å². The van der Waals surface area contributed by atoms with Gasteiger partial charge in [0.1, 0.15) is 5.78 Å². The Morgan fingerprint density at radius 3 is 3.17 bits per heavy atom. The van der Waals surface area contributed by atoms with Gasteiger partial charge < -0.3 is 0 Å². The third-order valence-electron chi connectivity index (χ3n) is 3.41. The molecule has 64 valence electrons. The predicted octanol–water partition coefficient (Wildman–Crippen LogP) is 2.34. The minimum absolute atomic E-state index is 0.248. The molecule has 0 saturated heterocycles. The molecule has 0 aromatic heterocycles. The molecule has 0 radical (unpaired) electrons. The first-order chi connectivity index (χ1) is 5.70. The average Bonchev–Trinajstić information content (AvgIpc) is 2.16. The molecule has 0 spiro atoms. The lowest BCUT2D eigenvalue weighted by Crippen LogP contribution is -2.54. The Kier molecular flexibility index (Phi) is 1.50. The number of ketones is 1. The summed E-state index contributed by atoms with van der Waals surface area (Å²) in [7, 11) is 0. The molecule has 1 nitrogen and oxygen atoms in total. The van der Waals surface area contributed by atoms with Crippen LogP contribution in [0.4, 0.5) is 0 Å². The molecule has 1 fully saturated rings. The summed E-state index contributed by atoms with van der Waals surface area (Å²) in [6, 6.07) is 0. The molecular formula is C11H14O. The van der Waals surface area contributed by atoms with E-state index in [1.54, 1.807) is 0 Å². The second kappa shape index (κ2) is 2.32. The SMILES string of the molecule is C=C[C@@]1(C)C(=O)[C@H]2CCC=C[C@H]21. The van der Waals surface area contributed by atoms with Crippen molar-refractivity contribution >= 4 is 5.78 Å². The van der Waals surface area contributed by atoms with Crippen LogP contribution in [-0.4, -0.2) is 5.78 Å². The van der Waals surface area contributed by atoms with Crippen molar-refractivity contribution in [3.05, 3.63) is 24.8 Å². The molecule has 0 unspecified atom stereocenters. The molecule has 0 amide bonds. The Morgan fingerprint density at radius 1 is 1.75 bits per heavy atom. The van der Waals surface area contributed by atoms with Crippen LogP contribution in [0.15, 0.2) is 24.8 Å². The molecule has 2 aliphatic rings. The van der Waals surface area contributed by atoms with E-state index in [1.807, 2.05) is 13.0 Å². The van der Waals surface area contributed by atoms with Crippen molar-refractivity contribution < 1.29 is 4.79 Å². The van der Waals surface area contributed by atoms with E-state index in [-0.39, 0.29) is 5.41 Å². The van der Waals surface area contributed by atoms with Gasteiger partial charge in [0.25, 0.3) is 0 Å². The summed E-state index contributed by atoms with van der Waals surface area (Å²) in [5, 5.41) is 0. The van der Waals surface area contributed by atoms with Gasteiger partial charge >= 0.3 is 0 Å². The van der Waals surface area contributed by atoms with E-state index < -0.39 is 0 Å². The molecule has 0 aliphatic heterocycles. The molecule has 1 heteroatoms. The summed E-state index contributed by atoms with van der Waals surface area (Å²) < 4.78 is 0. The van der Waals surface area contributed by atoms with Crippen LogP contribution in [-0.2, 0) is 4.79 Å². The molecule has 0 N–H and O–H groups in total. The molecule has 0 bridgehead atoms. The first-order valence-electron chi connectivity index (χ1n) is 4.54. The van der Waals surface area contributed by atoms with Crippen molar-refractivity contribution in [2.24, 2.45) is 17.3 Å². The van der Waals surface area contributed by atoms with Gasteiger partial charge in [-0.05, 0) is 19.8 Å². The van der Waals surface area contributed by atoms with Gasteiger partial charge in [0.15, 0.2) is 0 Å². The predicted molar refractivity (Wildman–Crippen MR) is 48.7 cm³/mol. The van der Waals surface area contributed by atoms with Crippen LogP contribution in [0.25, 0.3) is 0 Å². The molecule has 1 saturated carbocycles. The molecule has 12 heavy (non-hydrogen) atoms. The van der Waals surface area contributed by atoms with E-state index in [1.165, 1.54) is 0 Å². The quantitative estimate of drug-likeness (QED) is 0.541. The van der Waals surface area contributed by atoms with E-state index in [9.17, 15) is 4.79 Å². The summed E-state index contributed by atoms with van der Waals surface area (Å²) in [5.41, 5.74) is -0.248. The van der Waals surface area contributed by atoms with Crippen LogP contribution >= 0.6 is 0 Å². The van der Waals surface area contributed by atoms with Crippen molar-refractivity contribution in [2.75, 3.05) is 0 Å². The third kappa shape index (κ3) is 0.715. The third-order valence-corrected chi connectivity index (χ3v) is 3.41. The van der Waals surface area contributed by atoms with E-state index in [0.717, 1.165) is 12.8 Å². The Hall–Kier alpha value is -0.850. The summed E-state index contributed by atoms with van der Waals surface area (Å²) in [6.07, 6.45) is 8.31. The first-order valence-corrected chi connectivity index (χ1v) is 4.54. The van der Waals surface area contributed by atoms with Gasteiger partial charge in [-0.15, -0.1) is 6.58 Å². The van der Waals surface area contributed by atoms with Crippen LogP contribution in [0.5, 0.6) is 0 Å². The van der Waals surface area contributed by atoms with Gasteiger partial charge in [-0.2, -0.15) is 0 Å². The van der Waals surface area contributed by atoms with Crippen LogP contribution < -0.4 is 0 Å². The number of rotatable bonds is 1. The number of hydrogen-bond donors (Lipinski definition) is 0. The highest BCUT2D eigenvalue weighted by atomic mass is 16.1. The van der Waals surface area contributed by atoms with Crippen LogP contribution in [0.1, 0.15) is 19.8 Å². The monoisotopic (exact) mass is 162 g/mol. The number of carbonyl (C=O) groups excluding carboxylic acids is 1. The molecule has 0 aromatic rings. The van der Waals surface area contributed by atoms with Crippen molar-refractivity contribution in [3.63, 3.8) is 0 Å². The second-order valence-corrected chi connectivity index (χ2v) is 3.99. The lowest BCUT2D eigenvalue weighted by molar-refractivity contribution is -0.147. The van der Waals surface area contributed by atoms with Gasteiger partial charge in [0, 0.05) is 11.8 Å². The van der Waals surface area contributed by atoms with Crippen molar-refractivity contribution in [1.29, 1.82) is 0 Å². The number of hydrogen-bond acceptors (Lipinski definition) is 1. The van der Waals surface area contributed by atoms with Crippen LogP contribution in [0, 0.1) is 17.3 Å². The molecular weight excluding hydrogens is 148 g/mol. The van der Waals surface area contributed by atoms with Crippen molar-refractivity contribution in [2.45, 2.75) is 19.8 Å². The summed E-state index contributed by atoms with van der Waals surface area (Å²) in [5.74, 6) is 1.14. The second-order valence-electron chi connectivity index (χ2n) is 3.99. The Balaban J connectivity index is 2.31. The molecule has 0 heterocycles. The largest absolute Gasteiger partial charge is 0.298 e. The van der Waals surface area contributed by atoms with Crippen molar-refractivity contribution in [3.8, 4) is 0 Å². The molecule has 2 aliphatic carbocycles. The van der Waals surface area contributed by atoms with Crippen LogP contribution in [0.3, 0.4) is 0 Å². The minimum Gasteiger partial charge on any atom is -0.298 e. The summed E-state index contributed by atoms with van der Waals surface area (Å²) in [4.78, 5) is 11.6. The number of allylic oxidation sites excluding steroid dienone is 3. The minimum atomic E-state index is -0.248. The lowest BCUT2D eigenvalue weighted by Gasteiger charge is -2.50. The fourth-order valence-corrected chi connectivity index (χ4v) is 2.45.